The molecule has 140 valence electrons. The summed E-state index contributed by atoms with van der Waals surface area (Å²) < 4.78 is 5.64. The first-order chi connectivity index (χ1) is 13.1. The molecule has 1 N–H and O–H groups in total. The number of nitrogens with one attached hydrogen (secondary N) is 1. The topological polar surface area (TPSA) is 62.1 Å². The predicted octanol–water partition coefficient (Wildman–Crippen LogP) is 4.54. The quantitative estimate of drug-likeness (QED) is 0.849. The molecule has 1 amide bonds. The molecule has 0 saturated heterocycles. The van der Waals surface area contributed by atoms with Crippen molar-refractivity contribution in [3.8, 4) is 22.9 Å². The number of hydrogen-bond acceptors (Lipinski definition) is 3. The van der Waals surface area contributed by atoms with Gasteiger partial charge in [-0.2, -0.15) is 5.26 Å². The summed E-state index contributed by atoms with van der Waals surface area (Å²) >= 11 is 0. The third-order valence-electron chi connectivity index (χ3n) is 5.62. The van der Waals surface area contributed by atoms with Crippen molar-refractivity contribution in [2.45, 2.75) is 39.2 Å². The van der Waals surface area contributed by atoms with Crippen molar-refractivity contribution in [2.24, 2.45) is 11.8 Å². The third-order valence-corrected chi connectivity index (χ3v) is 5.62. The van der Waals surface area contributed by atoms with Gasteiger partial charge in [0.25, 0.3) is 5.91 Å². The zero-order chi connectivity index (χ0) is 19.2. The molecule has 0 heterocycles. The van der Waals surface area contributed by atoms with Crippen LogP contribution in [-0.2, 0) is 4.79 Å². The fourth-order valence-corrected chi connectivity index (χ4v) is 3.66. The first kappa shape index (κ1) is 19.0. The van der Waals surface area contributed by atoms with Gasteiger partial charge < -0.3 is 10.1 Å². The average Bonchev–Trinajstić information content (AvgIpc) is 2.70. The van der Waals surface area contributed by atoms with Crippen LogP contribution in [0.1, 0.15) is 38.7 Å². The lowest BCUT2D eigenvalue weighted by molar-refractivity contribution is -0.124. The maximum absolute atomic E-state index is 12.2. The molecule has 1 saturated carbocycles. The number of carbonyl (C=O) groups excluding carboxylic acids is 1. The molecule has 1 fully saturated rings. The zero-order valence-electron chi connectivity index (χ0n) is 15.9. The highest BCUT2D eigenvalue weighted by Crippen LogP contribution is 2.29. The Morgan fingerprint density at radius 2 is 1.70 bits per heavy atom. The van der Waals surface area contributed by atoms with Crippen LogP contribution in [0.2, 0.25) is 0 Å². The maximum Gasteiger partial charge on any atom is 0.258 e. The van der Waals surface area contributed by atoms with Crippen LogP contribution in [0.4, 0.5) is 0 Å². The highest BCUT2D eigenvalue weighted by atomic mass is 16.5. The van der Waals surface area contributed by atoms with E-state index >= 15 is 0 Å². The molecule has 4 nitrogen and oxygen atoms in total. The van der Waals surface area contributed by atoms with E-state index in [-0.39, 0.29) is 18.6 Å². The normalized spacial score (nSPS) is 21.9. The van der Waals surface area contributed by atoms with Crippen LogP contribution in [-0.4, -0.2) is 18.6 Å². The molecule has 3 atom stereocenters. The highest BCUT2D eigenvalue weighted by Gasteiger charge is 2.28. The lowest BCUT2D eigenvalue weighted by Gasteiger charge is -2.34. The molecule has 3 rings (SSSR count). The number of benzene rings is 2. The lowest BCUT2D eigenvalue weighted by atomic mass is 9.78. The van der Waals surface area contributed by atoms with Crippen LogP contribution in [0.5, 0.6) is 5.75 Å². The minimum Gasteiger partial charge on any atom is -0.484 e. The minimum absolute atomic E-state index is 0.0355. The smallest absolute Gasteiger partial charge is 0.258 e. The Labute approximate surface area is 161 Å². The van der Waals surface area contributed by atoms with E-state index in [1.54, 1.807) is 12.1 Å². The summed E-state index contributed by atoms with van der Waals surface area (Å²) in [5, 5.41) is 12.0. The van der Waals surface area contributed by atoms with E-state index in [0.717, 1.165) is 17.5 Å². The molecular formula is C23H26N2O2. The van der Waals surface area contributed by atoms with E-state index in [9.17, 15) is 4.79 Å². The molecule has 0 radical (unpaired) electrons. The number of amides is 1. The molecule has 27 heavy (non-hydrogen) atoms. The average molecular weight is 362 g/mol. The number of ether oxygens (including phenoxy) is 1. The van der Waals surface area contributed by atoms with Crippen molar-refractivity contribution in [2.75, 3.05) is 6.61 Å². The van der Waals surface area contributed by atoms with Gasteiger partial charge in [-0.3, -0.25) is 4.79 Å². The Morgan fingerprint density at radius 1 is 1.07 bits per heavy atom. The largest absolute Gasteiger partial charge is 0.484 e. The number of carbonyl (C=O) groups is 1. The van der Waals surface area contributed by atoms with Gasteiger partial charge in [-0.15, -0.1) is 0 Å². The van der Waals surface area contributed by atoms with Crippen molar-refractivity contribution in [3.63, 3.8) is 0 Å². The van der Waals surface area contributed by atoms with Gasteiger partial charge in [-0.05, 0) is 53.6 Å². The summed E-state index contributed by atoms with van der Waals surface area (Å²) in [6, 6.07) is 17.5. The van der Waals surface area contributed by atoms with E-state index in [1.165, 1.54) is 12.8 Å². The Hall–Kier alpha value is -2.80. The predicted molar refractivity (Wildman–Crippen MR) is 106 cm³/mol. The Bertz CT molecular complexity index is 806. The molecular weight excluding hydrogens is 336 g/mol. The van der Waals surface area contributed by atoms with Crippen LogP contribution < -0.4 is 10.1 Å². The molecule has 1 aliphatic carbocycles. The van der Waals surface area contributed by atoms with E-state index in [2.05, 4.69) is 25.2 Å². The summed E-state index contributed by atoms with van der Waals surface area (Å²) in [7, 11) is 0. The number of nitriles is 1. The van der Waals surface area contributed by atoms with Gasteiger partial charge in [0.2, 0.25) is 0 Å². The molecule has 0 aromatic heterocycles. The fourth-order valence-electron chi connectivity index (χ4n) is 3.66. The summed E-state index contributed by atoms with van der Waals surface area (Å²) in [4.78, 5) is 12.2. The molecule has 0 unspecified atom stereocenters. The maximum atomic E-state index is 12.2. The van der Waals surface area contributed by atoms with Gasteiger partial charge in [0.15, 0.2) is 6.61 Å². The van der Waals surface area contributed by atoms with Gasteiger partial charge in [-0.1, -0.05) is 51.0 Å². The second kappa shape index (κ2) is 8.73. The Morgan fingerprint density at radius 3 is 2.33 bits per heavy atom. The summed E-state index contributed by atoms with van der Waals surface area (Å²) in [6.45, 7) is 4.51. The monoisotopic (exact) mass is 362 g/mol. The second-order valence-electron chi connectivity index (χ2n) is 7.44. The molecule has 1 aliphatic rings. The van der Waals surface area contributed by atoms with Gasteiger partial charge >= 0.3 is 0 Å². The van der Waals surface area contributed by atoms with Gasteiger partial charge in [0, 0.05) is 6.04 Å². The number of hydrogen-bond donors (Lipinski definition) is 1. The lowest BCUT2D eigenvalue weighted by Crippen LogP contribution is -2.45. The highest BCUT2D eigenvalue weighted by molar-refractivity contribution is 5.78. The zero-order valence-corrected chi connectivity index (χ0v) is 15.9. The van der Waals surface area contributed by atoms with Gasteiger partial charge in [-0.25, -0.2) is 0 Å². The van der Waals surface area contributed by atoms with Crippen molar-refractivity contribution < 1.29 is 9.53 Å². The SMILES string of the molecule is C[C@H]1[C@@H](NC(=O)COc2ccc(-c3ccc(C#N)cc3)cc2)CCC[C@@H]1C. The molecule has 0 aliphatic heterocycles. The number of rotatable bonds is 5. The molecule has 0 bridgehead atoms. The van der Waals surface area contributed by atoms with Crippen molar-refractivity contribution in [1.82, 2.24) is 5.32 Å². The molecule has 4 heteroatoms. The standard InChI is InChI=1S/C23H26N2O2/c1-16-4-3-5-22(17(16)2)25-23(26)15-27-21-12-10-20(11-13-21)19-8-6-18(14-24)7-9-19/h6-13,16-17,22H,3-5,15H2,1-2H3,(H,25,26)/t16-,17+,22-/m0/s1. The Balaban J connectivity index is 1.52. The Kier molecular flexibility index (Phi) is 6.13. The molecule has 2 aromatic carbocycles. The molecule has 2 aromatic rings. The number of nitrogens with zero attached hydrogens (tertiary/aromatic N) is 1. The minimum atomic E-state index is -0.0582. The second-order valence-corrected chi connectivity index (χ2v) is 7.44. The van der Waals surface area contributed by atoms with Crippen LogP contribution in [0.15, 0.2) is 48.5 Å². The van der Waals surface area contributed by atoms with E-state index in [1.807, 2.05) is 36.4 Å². The van der Waals surface area contributed by atoms with Crippen molar-refractivity contribution in [3.05, 3.63) is 54.1 Å². The van der Waals surface area contributed by atoms with Crippen LogP contribution in [0.3, 0.4) is 0 Å². The summed E-state index contributed by atoms with van der Waals surface area (Å²) in [5.41, 5.74) is 2.73. The first-order valence-corrected chi connectivity index (χ1v) is 9.59. The summed E-state index contributed by atoms with van der Waals surface area (Å²) in [5.74, 6) is 1.78. The van der Waals surface area contributed by atoms with E-state index in [4.69, 9.17) is 10.00 Å². The molecule has 0 spiro atoms. The van der Waals surface area contributed by atoms with Gasteiger partial charge in [0.05, 0.1) is 11.6 Å². The summed E-state index contributed by atoms with van der Waals surface area (Å²) in [6.07, 6.45) is 3.47. The van der Waals surface area contributed by atoms with Crippen LogP contribution in [0.25, 0.3) is 11.1 Å². The fraction of sp³-hybridized carbons (Fsp3) is 0.391. The first-order valence-electron chi connectivity index (χ1n) is 9.59. The van der Waals surface area contributed by atoms with Crippen molar-refractivity contribution >= 4 is 5.91 Å². The van der Waals surface area contributed by atoms with E-state index < -0.39 is 0 Å². The van der Waals surface area contributed by atoms with Gasteiger partial charge in [0.1, 0.15) is 5.75 Å². The van der Waals surface area contributed by atoms with E-state index in [0.29, 0.717) is 23.1 Å². The van der Waals surface area contributed by atoms with Crippen LogP contribution >= 0.6 is 0 Å². The van der Waals surface area contributed by atoms with Crippen molar-refractivity contribution in [1.29, 1.82) is 5.26 Å². The third kappa shape index (κ3) is 4.89. The van der Waals surface area contributed by atoms with Crippen LogP contribution in [0, 0.1) is 23.2 Å².